The second-order valence-electron chi connectivity index (χ2n) is 3.58. The normalized spacial score (nSPS) is 20.8. The maximum atomic E-state index is 11.4. The molecule has 0 bridgehead atoms. The van der Waals surface area contributed by atoms with Gasteiger partial charge in [0.2, 0.25) is 0 Å². The zero-order valence-corrected chi connectivity index (χ0v) is 7.83. The molecule has 2 rings (SSSR count). The van der Waals surface area contributed by atoms with E-state index < -0.39 is 0 Å². The predicted octanol–water partition coefficient (Wildman–Crippen LogP) is 2.10. The van der Waals surface area contributed by atoms with Gasteiger partial charge in [-0.1, -0.05) is 17.7 Å². The number of rotatable bonds is 0. The second-order valence-corrected chi connectivity index (χ2v) is 3.58. The van der Waals surface area contributed by atoms with Crippen LogP contribution in [-0.2, 0) is 11.2 Å². The van der Waals surface area contributed by atoms with Gasteiger partial charge in [0.05, 0.1) is 5.56 Å². The first-order chi connectivity index (χ1) is 6.16. The summed E-state index contributed by atoms with van der Waals surface area (Å²) >= 11 is 0. The minimum atomic E-state index is -0.183. The predicted molar refractivity (Wildman–Crippen MR) is 49.8 cm³/mol. The second kappa shape index (κ2) is 2.87. The molecule has 0 radical (unpaired) electrons. The molecule has 1 aliphatic rings. The van der Waals surface area contributed by atoms with Crippen molar-refractivity contribution in [2.45, 2.75) is 26.4 Å². The Morgan fingerprint density at radius 3 is 3.00 bits per heavy atom. The van der Waals surface area contributed by atoms with Gasteiger partial charge in [0, 0.05) is 6.42 Å². The molecule has 0 amide bonds. The number of carbonyl (C=O) groups is 1. The molecular weight excluding hydrogens is 164 g/mol. The lowest BCUT2D eigenvalue weighted by Crippen LogP contribution is -2.25. The highest BCUT2D eigenvalue weighted by Gasteiger charge is 2.22. The van der Waals surface area contributed by atoms with Crippen LogP contribution >= 0.6 is 0 Å². The van der Waals surface area contributed by atoms with Crippen molar-refractivity contribution in [3.63, 3.8) is 0 Å². The third kappa shape index (κ3) is 1.44. The number of esters is 1. The summed E-state index contributed by atoms with van der Waals surface area (Å²) in [6, 6.07) is 5.94. The highest BCUT2D eigenvalue weighted by atomic mass is 16.5. The van der Waals surface area contributed by atoms with Crippen molar-refractivity contribution in [2.24, 2.45) is 0 Å². The van der Waals surface area contributed by atoms with Crippen molar-refractivity contribution in [1.29, 1.82) is 0 Å². The fraction of sp³-hybridized carbons (Fsp3) is 0.364. The topological polar surface area (TPSA) is 26.3 Å². The number of carbonyl (C=O) groups excluding carboxylic acids is 1. The molecule has 0 unspecified atom stereocenters. The van der Waals surface area contributed by atoms with Crippen LogP contribution in [0.5, 0.6) is 0 Å². The summed E-state index contributed by atoms with van der Waals surface area (Å²) in [7, 11) is 0. The van der Waals surface area contributed by atoms with Crippen molar-refractivity contribution >= 4 is 5.97 Å². The van der Waals surface area contributed by atoms with Gasteiger partial charge in [-0.05, 0) is 25.5 Å². The molecule has 68 valence electrons. The SMILES string of the molecule is Cc1ccc2c(c1)C(=O)O[C@H](C)C2. The number of cyclic esters (lactones) is 1. The molecule has 1 aromatic carbocycles. The van der Waals surface area contributed by atoms with Crippen LogP contribution in [-0.4, -0.2) is 12.1 Å². The Morgan fingerprint density at radius 1 is 1.46 bits per heavy atom. The first-order valence-corrected chi connectivity index (χ1v) is 4.47. The molecule has 0 N–H and O–H groups in total. The van der Waals surface area contributed by atoms with Crippen LogP contribution in [0.2, 0.25) is 0 Å². The molecule has 1 aromatic rings. The van der Waals surface area contributed by atoms with Gasteiger partial charge < -0.3 is 4.74 Å². The van der Waals surface area contributed by atoms with Crippen LogP contribution in [0.25, 0.3) is 0 Å². The van der Waals surface area contributed by atoms with E-state index in [4.69, 9.17) is 4.74 Å². The van der Waals surface area contributed by atoms with Crippen molar-refractivity contribution in [1.82, 2.24) is 0 Å². The number of ether oxygens (including phenoxy) is 1. The van der Waals surface area contributed by atoms with E-state index in [9.17, 15) is 4.79 Å². The Balaban J connectivity index is 2.49. The lowest BCUT2D eigenvalue weighted by Gasteiger charge is -2.21. The maximum Gasteiger partial charge on any atom is 0.338 e. The summed E-state index contributed by atoms with van der Waals surface area (Å²) in [5.41, 5.74) is 2.94. The number of hydrogen-bond acceptors (Lipinski definition) is 2. The zero-order valence-electron chi connectivity index (χ0n) is 7.83. The highest BCUT2D eigenvalue weighted by molar-refractivity contribution is 5.92. The molecular formula is C11H12O2. The van der Waals surface area contributed by atoms with Crippen LogP contribution in [0.15, 0.2) is 18.2 Å². The summed E-state index contributed by atoms with van der Waals surface area (Å²) in [5.74, 6) is -0.183. The van der Waals surface area contributed by atoms with Crippen LogP contribution < -0.4 is 0 Å². The molecule has 0 aliphatic carbocycles. The smallest absolute Gasteiger partial charge is 0.338 e. The number of aryl methyl sites for hydroxylation is 1. The van der Waals surface area contributed by atoms with Gasteiger partial charge in [-0.25, -0.2) is 4.79 Å². The standard InChI is InChI=1S/C11H12O2/c1-7-3-4-9-6-8(2)13-11(12)10(9)5-7/h3-5,8H,6H2,1-2H3/t8-/m1/s1. The van der Waals surface area contributed by atoms with Gasteiger partial charge in [-0.3, -0.25) is 0 Å². The number of benzene rings is 1. The average Bonchev–Trinajstić information content (AvgIpc) is 2.06. The molecule has 2 heteroatoms. The minimum absolute atomic E-state index is 0.0164. The van der Waals surface area contributed by atoms with E-state index in [0.717, 1.165) is 23.1 Å². The molecule has 1 aliphatic heterocycles. The largest absolute Gasteiger partial charge is 0.459 e. The molecule has 0 spiro atoms. The zero-order chi connectivity index (χ0) is 9.42. The molecule has 2 nitrogen and oxygen atoms in total. The molecule has 0 saturated heterocycles. The Hall–Kier alpha value is -1.31. The third-order valence-corrected chi connectivity index (χ3v) is 2.30. The Labute approximate surface area is 77.5 Å². The maximum absolute atomic E-state index is 11.4. The average molecular weight is 176 g/mol. The molecule has 0 fully saturated rings. The Kier molecular flexibility index (Phi) is 1.83. The van der Waals surface area contributed by atoms with Gasteiger partial charge >= 0.3 is 5.97 Å². The van der Waals surface area contributed by atoms with E-state index in [1.54, 1.807) is 0 Å². The number of fused-ring (bicyclic) bond motifs is 1. The lowest BCUT2D eigenvalue weighted by molar-refractivity contribution is 0.0301. The monoisotopic (exact) mass is 176 g/mol. The fourth-order valence-corrected chi connectivity index (χ4v) is 1.66. The van der Waals surface area contributed by atoms with E-state index in [2.05, 4.69) is 0 Å². The Morgan fingerprint density at radius 2 is 2.23 bits per heavy atom. The summed E-state index contributed by atoms with van der Waals surface area (Å²) in [6.07, 6.45) is 0.851. The molecule has 13 heavy (non-hydrogen) atoms. The summed E-state index contributed by atoms with van der Waals surface area (Å²) < 4.78 is 5.13. The Bertz CT molecular complexity index is 355. The first-order valence-electron chi connectivity index (χ1n) is 4.47. The van der Waals surface area contributed by atoms with Crippen molar-refractivity contribution in [3.8, 4) is 0 Å². The molecule has 1 heterocycles. The van der Waals surface area contributed by atoms with E-state index in [1.165, 1.54) is 0 Å². The summed E-state index contributed by atoms with van der Waals surface area (Å²) in [6.45, 7) is 3.90. The molecule has 0 saturated carbocycles. The van der Waals surface area contributed by atoms with Crippen LogP contribution in [0.4, 0.5) is 0 Å². The lowest BCUT2D eigenvalue weighted by atomic mass is 9.97. The summed E-state index contributed by atoms with van der Waals surface area (Å²) in [4.78, 5) is 11.4. The van der Waals surface area contributed by atoms with Gasteiger partial charge in [0.15, 0.2) is 0 Å². The third-order valence-electron chi connectivity index (χ3n) is 2.30. The number of hydrogen-bond donors (Lipinski definition) is 0. The van der Waals surface area contributed by atoms with Crippen LogP contribution in [0, 0.1) is 6.92 Å². The van der Waals surface area contributed by atoms with E-state index in [-0.39, 0.29) is 12.1 Å². The minimum Gasteiger partial charge on any atom is -0.459 e. The van der Waals surface area contributed by atoms with Crippen molar-refractivity contribution in [2.75, 3.05) is 0 Å². The molecule has 0 aromatic heterocycles. The quantitative estimate of drug-likeness (QED) is 0.566. The van der Waals surface area contributed by atoms with Crippen LogP contribution in [0.1, 0.15) is 28.4 Å². The van der Waals surface area contributed by atoms with Gasteiger partial charge in [-0.2, -0.15) is 0 Å². The van der Waals surface area contributed by atoms with E-state index in [0.29, 0.717) is 0 Å². The highest BCUT2D eigenvalue weighted by Crippen LogP contribution is 2.21. The fourth-order valence-electron chi connectivity index (χ4n) is 1.66. The van der Waals surface area contributed by atoms with Crippen molar-refractivity contribution < 1.29 is 9.53 Å². The van der Waals surface area contributed by atoms with Gasteiger partial charge in [-0.15, -0.1) is 0 Å². The van der Waals surface area contributed by atoms with E-state index >= 15 is 0 Å². The van der Waals surface area contributed by atoms with Gasteiger partial charge in [0.1, 0.15) is 6.10 Å². The van der Waals surface area contributed by atoms with Gasteiger partial charge in [0.25, 0.3) is 0 Å². The first kappa shape index (κ1) is 8.30. The molecule has 1 atom stereocenters. The van der Waals surface area contributed by atoms with Crippen molar-refractivity contribution in [3.05, 3.63) is 34.9 Å². The van der Waals surface area contributed by atoms with Crippen LogP contribution in [0.3, 0.4) is 0 Å². The van der Waals surface area contributed by atoms with E-state index in [1.807, 2.05) is 32.0 Å². The summed E-state index contributed by atoms with van der Waals surface area (Å²) in [5, 5.41) is 0.